The average molecular weight is 287 g/mol. The lowest BCUT2D eigenvalue weighted by Crippen LogP contribution is -2.57. The molecule has 1 aromatic heterocycles. The maximum atomic E-state index is 11.9. The van der Waals surface area contributed by atoms with Crippen LogP contribution >= 0.6 is 11.3 Å². The first-order valence-electron chi connectivity index (χ1n) is 5.94. The second-order valence-corrected chi connectivity index (χ2v) is 8.31. The summed E-state index contributed by atoms with van der Waals surface area (Å²) in [4.78, 5) is 14.2. The van der Waals surface area contributed by atoms with Crippen LogP contribution in [0, 0.1) is 5.92 Å². The monoisotopic (exact) mass is 287 g/mol. The molecule has 0 radical (unpaired) electrons. The topological polar surface area (TPSA) is 54.5 Å². The summed E-state index contributed by atoms with van der Waals surface area (Å²) in [6, 6.07) is 3.59. The number of sulfone groups is 1. The van der Waals surface area contributed by atoms with Crippen LogP contribution in [0.1, 0.15) is 23.5 Å². The SMILES string of the molecule is CC(C)CS(=O)(=O)C1CN(C(=O)c2cccs2)C1. The third-order valence-electron chi connectivity index (χ3n) is 2.94. The Kier molecular flexibility index (Phi) is 3.77. The first kappa shape index (κ1) is 13.5. The number of carbonyl (C=O) groups excluding carboxylic acids is 1. The van der Waals surface area contributed by atoms with E-state index >= 15 is 0 Å². The number of likely N-dealkylation sites (tertiary alicyclic amines) is 1. The number of hydrogen-bond acceptors (Lipinski definition) is 4. The highest BCUT2D eigenvalue weighted by atomic mass is 32.2. The minimum absolute atomic E-state index is 0.0546. The molecular formula is C12H17NO3S2. The molecule has 1 saturated heterocycles. The standard InChI is InChI=1S/C12H17NO3S2/c1-9(2)8-18(15,16)10-6-13(7-10)12(14)11-4-3-5-17-11/h3-5,9-10H,6-8H2,1-2H3. The minimum Gasteiger partial charge on any atom is -0.335 e. The number of hydrogen-bond donors (Lipinski definition) is 0. The molecule has 0 aliphatic carbocycles. The van der Waals surface area contributed by atoms with Gasteiger partial charge >= 0.3 is 0 Å². The fourth-order valence-electron chi connectivity index (χ4n) is 1.99. The zero-order valence-corrected chi connectivity index (χ0v) is 12.1. The molecule has 0 saturated carbocycles. The summed E-state index contributed by atoms with van der Waals surface area (Å²) in [5.41, 5.74) is 0. The van der Waals surface area contributed by atoms with Crippen molar-refractivity contribution in [2.45, 2.75) is 19.1 Å². The van der Waals surface area contributed by atoms with Crippen LogP contribution in [0.3, 0.4) is 0 Å². The van der Waals surface area contributed by atoms with Crippen LogP contribution in [0.15, 0.2) is 17.5 Å². The Bertz CT molecular complexity index is 514. The normalized spacial score (nSPS) is 16.9. The molecule has 1 aliphatic heterocycles. The van der Waals surface area contributed by atoms with Crippen LogP contribution in [0.4, 0.5) is 0 Å². The van der Waals surface area contributed by atoms with Crippen molar-refractivity contribution in [3.63, 3.8) is 0 Å². The van der Waals surface area contributed by atoms with Crippen LogP contribution < -0.4 is 0 Å². The van der Waals surface area contributed by atoms with Crippen LogP contribution in [-0.4, -0.2) is 43.3 Å². The molecule has 0 unspecified atom stereocenters. The van der Waals surface area contributed by atoms with Gasteiger partial charge in [-0.25, -0.2) is 8.42 Å². The lowest BCUT2D eigenvalue weighted by atomic mass is 10.2. The van der Waals surface area contributed by atoms with Crippen molar-refractivity contribution >= 4 is 27.1 Å². The Morgan fingerprint density at radius 1 is 1.50 bits per heavy atom. The van der Waals surface area contributed by atoms with E-state index in [9.17, 15) is 13.2 Å². The molecule has 2 heterocycles. The van der Waals surface area contributed by atoms with Crippen LogP contribution in [0.25, 0.3) is 0 Å². The Morgan fingerprint density at radius 3 is 2.67 bits per heavy atom. The first-order chi connectivity index (χ1) is 8.40. The summed E-state index contributed by atoms with van der Waals surface area (Å²) in [7, 11) is -3.05. The maximum Gasteiger partial charge on any atom is 0.263 e. The number of nitrogens with zero attached hydrogens (tertiary/aromatic N) is 1. The van der Waals surface area contributed by atoms with Gasteiger partial charge in [0, 0.05) is 13.1 Å². The van der Waals surface area contributed by atoms with Crippen molar-refractivity contribution in [3.05, 3.63) is 22.4 Å². The average Bonchev–Trinajstić information content (AvgIpc) is 2.63. The number of rotatable bonds is 4. The molecule has 4 nitrogen and oxygen atoms in total. The predicted octanol–water partition coefficient (Wildman–Crippen LogP) is 1.64. The van der Waals surface area contributed by atoms with Crippen molar-refractivity contribution in [1.82, 2.24) is 4.90 Å². The van der Waals surface area contributed by atoms with Gasteiger partial charge in [0.15, 0.2) is 9.84 Å². The van der Waals surface area contributed by atoms with E-state index in [2.05, 4.69) is 0 Å². The molecule has 6 heteroatoms. The quantitative estimate of drug-likeness (QED) is 0.846. The van der Waals surface area contributed by atoms with Crippen molar-refractivity contribution in [2.75, 3.05) is 18.8 Å². The van der Waals surface area contributed by atoms with Gasteiger partial charge in [0.05, 0.1) is 15.9 Å². The molecule has 0 atom stereocenters. The van der Waals surface area contributed by atoms with Gasteiger partial charge in [-0.2, -0.15) is 0 Å². The second kappa shape index (κ2) is 5.01. The van der Waals surface area contributed by atoms with Crippen molar-refractivity contribution in [1.29, 1.82) is 0 Å². The highest BCUT2D eigenvalue weighted by Gasteiger charge is 2.40. The summed E-state index contributed by atoms with van der Waals surface area (Å²) in [5.74, 6) is 0.289. The van der Waals surface area contributed by atoms with Crippen LogP contribution in [0.5, 0.6) is 0 Å². The fourth-order valence-corrected chi connectivity index (χ4v) is 4.69. The molecular weight excluding hydrogens is 270 g/mol. The van der Waals surface area contributed by atoms with Crippen LogP contribution in [0.2, 0.25) is 0 Å². The molecule has 0 spiro atoms. The molecule has 1 fully saturated rings. The third kappa shape index (κ3) is 2.75. The summed E-state index contributed by atoms with van der Waals surface area (Å²) in [5, 5.41) is 1.48. The molecule has 100 valence electrons. The van der Waals surface area contributed by atoms with E-state index < -0.39 is 9.84 Å². The van der Waals surface area contributed by atoms with Gasteiger partial charge < -0.3 is 4.90 Å². The summed E-state index contributed by atoms with van der Waals surface area (Å²) < 4.78 is 23.9. The number of amides is 1. The second-order valence-electron chi connectivity index (χ2n) is 5.03. The van der Waals surface area contributed by atoms with E-state index in [1.807, 2.05) is 25.3 Å². The Labute approximate surface area is 112 Å². The van der Waals surface area contributed by atoms with Gasteiger partial charge in [-0.15, -0.1) is 11.3 Å². The molecule has 1 amide bonds. The summed E-state index contributed by atoms with van der Waals surface area (Å²) >= 11 is 1.39. The number of thiophene rings is 1. The zero-order chi connectivity index (χ0) is 13.3. The van der Waals surface area contributed by atoms with E-state index in [1.54, 1.807) is 11.0 Å². The van der Waals surface area contributed by atoms with E-state index in [-0.39, 0.29) is 22.8 Å². The highest BCUT2D eigenvalue weighted by Crippen LogP contribution is 2.22. The summed E-state index contributed by atoms with van der Waals surface area (Å²) in [6.45, 7) is 4.47. The van der Waals surface area contributed by atoms with E-state index in [0.29, 0.717) is 18.0 Å². The lowest BCUT2D eigenvalue weighted by Gasteiger charge is -2.38. The molecule has 0 bridgehead atoms. The smallest absolute Gasteiger partial charge is 0.263 e. The Hall–Kier alpha value is -0.880. The molecule has 1 aromatic rings. The highest BCUT2D eigenvalue weighted by molar-refractivity contribution is 7.92. The Morgan fingerprint density at radius 2 is 2.17 bits per heavy atom. The Balaban J connectivity index is 1.93. The van der Waals surface area contributed by atoms with Gasteiger partial charge in [-0.1, -0.05) is 19.9 Å². The minimum atomic E-state index is -3.05. The molecule has 0 N–H and O–H groups in total. The fraction of sp³-hybridized carbons (Fsp3) is 0.583. The third-order valence-corrected chi connectivity index (χ3v) is 6.24. The molecule has 1 aliphatic rings. The van der Waals surface area contributed by atoms with Gasteiger partial charge in [0.25, 0.3) is 5.91 Å². The van der Waals surface area contributed by atoms with Gasteiger partial charge in [-0.3, -0.25) is 4.79 Å². The zero-order valence-electron chi connectivity index (χ0n) is 10.5. The van der Waals surface area contributed by atoms with Crippen molar-refractivity contribution in [2.24, 2.45) is 5.92 Å². The molecule has 2 rings (SSSR count). The molecule has 0 aromatic carbocycles. The van der Waals surface area contributed by atoms with E-state index in [4.69, 9.17) is 0 Å². The van der Waals surface area contributed by atoms with Crippen molar-refractivity contribution < 1.29 is 13.2 Å². The van der Waals surface area contributed by atoms with Gasteiger partial charge in [0.1, 0.15) is 0 Å². The number of carbonyl (C=O) groups is 1. The van der Waals surface area contributed by atoms with E-state index in [0.717, 1.165) is 0 Å². The van der Waals surface area contributed by atoms with E-state index in [1.165, 1.54) is 11.3 Å². The first-order valence-corrected chi connectivity index (χ1v) is 8.54. The molecule has 18 heavy (non-hydrogen) atoms. The van der Waals surface area contributed by atoms with Gasteiger partial charge in [0.2, 0.25) is 0 Å². The van der Waals surface area contributed by atoms with Crippen molar-refractivity contribution in [3.8, 4) is 0 Å². The van der Waals surface area contributed by atoms with Gasteiger partial charge in [-0.05, 0) is 17.4 Å². The largest absolute Gasteiger partial charge is 0.335 e. The van der Waals surface area contributed by atoms with Crippen LogP contribution in [-0.2, 0) is 9.84 Å². The predicted molar refractivity (Wildman–Crippen MR) is 72.6 cm³/mol. The summed E-state index contributed by atoms with van der Waals surface area (Å²) in [6.07, 6.45) is 0. The maximum absolute atomic E-state index is 11.9. The lowest BCUT2D eigenvalue weighted by molar-refractivity contribution is 0.0664.